The van der Waals surface area contributed by atoms with Gasteiger partial charge in [0.15, 0.2) is 0 Å². The van der Waals surface area contributed by atoms with Gasteiger partial charge in [-0.1, -0.05) is 6.07 Å². The second kappa shape index (κ2) is 6.00. The van der Waals surface area contributed by atoms with Crippen molar-refractivity contribution in [2.45, 2.75) is 5.75 Å². The van der Waals surface area contributed by atoms with E-state index in [1.54, 1.807) is 0 Å². The molecule has 0 aliphatic heterocycles. The Balaban J connectivity index is 2.13. The van der Waals surface area contributed by atoms with Gasteiger partial charge in [0.25, 0.3) is 0 Å². The maximum atomic E-state index is 4.07. The summed E-state index contributed by atoms with van der Waals surface area (Å²) in [5.74, 6) is 2.25. The third-order valence-corrected chi connectivity index (χ3v) is 2.68. The molecule has 0 aromatic carbocycles. The second-order valence-corrected chi connectivity index (χ2v) is 4.32. The van der Waals surface area contributed by atoms with Crippen LogP contribution in [0.25, 0.3) is 0 Å². The van der Waals surface area contributed by atoms with Crippen LogP contribution in [0.5, 0.6) is 0 Å². The Morgan fingerprint density at radius 3 is 2.92 bits per heavy atom. The van der Waals surface area contributed by atoms with Crippen LogP contribution in [0.1, 0.15) is 5.56 Å². The Hall–Kier alpha value is -0.540. The topological polar surface area (TPSA) is 16.1 Å². The normalized spacial score (nSPS) is 10.7. The molecule has 0 fully saturated rings. The fraction of sp³-hybridized carbons (Fsp3) is 0.500. The van der Waals surface area contributed by atoms with Crippen LogP contribution < -0.4 is 0 Å². The molecule has 0 aliphatic carbocycles. The minimum Gasteiger partial charge on any atom is -0.309 e. The first-order valence-electron chi connectivity index (χ1n) is 4.40. The molecular formula is C10H16N2S. The third-order valence-electron chi connectivity index (χ3n) is 1.67. The molecule has 1 rings (SSSR count). The molecule has 0 saturated carbocycles. The van der Waals surface area contributed by atoms with E-state index in [4.69, 9.17) is 0 Å². The summed E-state index contributed by atoms with van der Waals surface area (Å²) in [5, 5.41) is 0. The molecule has 1 heterocycles. The van der Waals surface area contributed by atoms with Gasteiger partial charge in [-0.3, -0.25) is 4.98 Å². The Labute approximate surface area is 84.4 Å². The first-order valence-corrected chi connectivity index (χ1v) is 5.56. The highest BCUT2D eigenvalue weighted by molar-refractivity contribution is 7.98. The minimum absolute atomic E-state index is 1.07. The van der Waals surface area contributed by atoms with Crippen molar-refractivity contribution in [2.24, 2.45) is 0 Å². The van der Waals surface area contributed by atoms with Crippen molar-refractivity contribution in [3.63, 3.8) is 0 Å². The van der Waals surface area contributed by atoms with Gasteiger partial charge < -0.3 is 4.90 Å². The number of hydrogen-bond acceptors (Lipinski definition) is 3. The van der Waals surface area contributed by atoms with Gasteiger partial charge in [0, 0.05) is 30.4 Å². The van der Waals surface area contributed by atoms with Gasteiger partial charge in [-0.25, -0.2) is 0 Å². The van der Waals surface area contributed by atoms with Gasteiger partial charge in [0.2, 0.25) is 0 Å². The minimum atomic E-state index is 1.07. The van der Waals surface area contributed by atoms with Crippen LogP contribution in [0.15, 0.2) is 24.5 Å². The van der Waals surface area contributed by atoms with E-state index in [2.05, 4.69) is 30.0 Å². The van der Waals surface area contributed by atoms with Crippen LogP contribution in [-0.4, -0.2) is 36.3 Å². The number of rotatable bonds is 5. The zero-order chi connectivity index (χ0) is 9.52. The second-order valence-electron chi connectivity index (χ2n) is 3.22. The molecule has 0 aliphatic rings. The lowest BCUT2D eigenvalue weighted by molar-refractivity contribution is 0.437. The fourth-order valence-electron chi connectivity index (χ4n) is 0.921. The highest BCUT2D eigenvalue weighted by Crippen LogP contribution is 2.09. The molecule has 0 radical (unpaired) electrons. The van der Waals surface area contributed by atoms with E-state index in [1.807, 2.05) is 30.2 Å². The van der Waals surface area contributed by atoms with Crippen molar-refractivity contribution < 1.29 is 0 Å². The fourth-order valence-corrected chi connectivity index (χ4v) is 1.97. The van der Waals surface area contributed by atoms with Crippen LogP contribution in [0, 0.1) is 0 Å². The highest BCUT2D eigenvalue weighted by Gasteiger charge is 1.93. The van der Waals surface area contributed by atoms with Gasteiger partial charge in [-0.15, -0.1) is 0 Å². The average Bonchev–Trinajstić information content (AvgIpc) is 2.14. The molecule has 0 N–H and O–H groups in total. The van der Waals surface area contributed by atoms with Crippen molar-refractivity contribution in [3.8, 4) is 0 Å². The predicted octanol–water partition coefficient (Wildman–Crippen LogP) is 1.88. The summed E-state index contributed by atoms with van der Waals surface area (Å²) in [6.07, 6.45) is 3.75. The van der Waals surface area contributed by atoms with Gasteiger partial charge in [0.05, 0.1) is 0 Å². The zero-order valence-electron chi connectivity index (χ0n) is 8.23. The monoisotopic (exact) mass is 196 g/mol. The van der Waals surface area contributed by atoms with Crippen LogP contribution in [0.2, 0.25) is 0 Å². The van der Waals surface area contributed by atoms with E-state index in [9.17, 15) is 0 Å². The van der Waals surface area contributed by atoms with Crippen molar-refractivity contribution >= 4 is 11.8 Å². The summed E-state index contributed by atoms with van der Waals surface area (Å²) in [4.78, 5) is 6.28. The zero-order valence-corrected chi connectivity index (χ0v) is 9.05. The van der Waals surface area contributed by atoms with Crippen molar-refractivity contribution in [2.75, 3.05) is 26.4 Å². The van der Waals surface area contributed by atoms with Crippen molar-refractivity contribution in [1.82, 2.24) is 9.88 Å². The summed E-state index contributed by atoms with van der Waals surface area (Å²) >= 11 is 1.95. The van der Waals surface area contributed by atoms with Crippen LogP contribution in [0.3, 0.4) is 0 Å². The lowest BCUT2D eigenvalue weighted by Gasteiger charge is -2.08. The molecular weight excluding hydrogens is 180 g/mol. The van der Waals surface area contributed by atoms with E-state index in [0.717, 1.165) is 12.3 Å². The van der Waals surface area contributed by atoms with Gasteiger partial charge in [-0.2, -0.15) is 11.8 Å². The van der Waals surface area contributed by atoms with E-state index in [0.29, 0.717) is 0 Å². The third kappa shape index (κ3) is 4.90. The van der Waals surface area contributed by atoms with E-state index >= 15 is 0 Å². The molecule has 1 aromatic heterocycles. The largest absolute Gasteiger partial charge is 0.309 e. The molecule has 0 spiro atoms. The number of pyridine rings is 1. The quantitative estimate of drug-likeness (QED) is 0.669. The van der Waals surface area contributed by atoms with E-state index in [1.165, 1.54) is 11.3 Å². The molecule has 72 valence electrons. The maximum absolute atomic E-state index is 4.07. The number of nitrogens with zero attached hydrogens (tertiary/aromatic N) is 2. The van der Waals surface area contributed by atoms with Crippen LogP contribution in [0.4, 0.5) is 0 Å². The first kappa shape index (κ1) is 10.5. The standard InChI is InChI=1S/C10H16N2S/c1-12(2)6-7-13-9-10-4-3-5-11-8-10/h3-5,8H,6-7,9H2,1-2H3. The molecule has 2 nitrogen and oxygen atoms in total. The highest BCUT2D eigenvalue weighted by atomic mass is 32.2. The molecule has 0 amide bonds. The molecule has 0 unspecified atom stereocenters. The van der Waals surface area contributed by atoms with E-state index in [-0.39, 0.29) is 0 Å². The summed E-state index contributed by atoms with van der Waals surface area (Å²) in [6, 6.07) is 4.11. The molecule has 0 saturated heterocycles. The lowest BCUT2D eigenvalue weighted by atomic mass is 10.3. The van der Waals surface area contributed by atoms with E-state index < -0.39 is 0 Å². The summed E-state index contributed by atoms with van der Waals surface area (Å²) in [7, 11) is 4.20. The SMILES string of the molecule is CN(C)CCSCc1cccnc1. The lowest BCUT2D eigenvalue weighted by Crippen LogP contribution is -2.14. The first-order chi connectivity index (χ1) is 6.29. The number of hydrogen-bond donors (Lipinski definition) is 0. The molecule has 0 atom stereocenters. The Morgan fingerprint density at radius 1 is 1.46 bits per heavy atom. The van der Waals surface area contributed by atoms with Gasteiger partial charge in [-0.05, 0) is 25.7 Å². The summed E-state index contributed by atoms with van der Waals surface area (Å²) in [6.45, 7) is 1.14. The average molecular weight is 196 g/mol. The molecule has 0 bridgehead atoms. The Kier molecular flexibility index (Phi) is 4.86. The van der Waals surface area contributed by atoms with Crippen LogP contribution in [-0.2, 0) is 5.75 Å². The molecule has 1 aromatic rings. The van der Waals surface area contributed by atoms with Gasteiger partial charge >= 0.3 is 0 Å². The van der Waals surface area contributed by atoms with Crippen molar-refractivity contribution in [1.29, 1.82) is 0 Å². The van der Waals surface area contributed by atoms with Crippen LogP contribution >= 0.6 is 11.8 Å². The smallest absolute Gasteiger partial charge is 0.0308 e. The summed E-state index contributed by atoms with van der Waals surface area (Å²) in [5.41, 5.74) is 1.31. The number of aromatic nitrogens is 1. The number of thioether (sulfide) groups is 1. The Morgan fingerprint density at radius 2 is 2.31 bits per heavy atom. The molecule has 3 heteroatoms. The Bertz CT molecular complexity index is 224. The van der Waals surface area contributed by atoms with Gasteiger partial charge in [0.1, 0.15) is 0 Å². The van der Waals surface area contributed by atoms with Crippen molar-refractivity contribution in [3.05, 3.63) is 30.1 Å². The summed E-state index contributed by atoms with van der Waals surface area (Å²) < 4.78 is 0. The predicted molar refractivity (Wildman–Crippen MR) is 59.0 cm³/mol. The molecule has 13 heavy (non-hydrogen) atoms. The maximum Gasteiger partial charge on any atom is 0.0308 e.